The topological polar surface area (TPSA) is 8.17 Å². The number of nitrogens with zero attached hydrogens (tertiary/aromatic N) is 2. The third-order valence-electron chi connectivity index (χ3n) is 11.0. The highest BCUT2D eigenvalue weighted by Crippen LogP contribution is 2.42. The van der Waals surface area contributed by atoms with Gasteiger partial charge in [0.1, 0.15) is 0 Å². The van der Waals surface area contributed by atoms with E-state index in [9.17, 15) is 0 Å². The van der Waals surface area contributed by atoms with Crippen molar-refractivity contribution in [1.29, 1.82) is 0 Å². The summed E-state index contributed by atoms with van der Waals surface area (Å²) < 4.78 is 4.99. The van der Waals surface area contributed by atoms with Gasteiger partial charge in [-0.05, 0) is 106 Å². The Morgan fingerprint density at radius 2 is 0.927 bits per heavy atom. The second-order valence-electron chi connectivity index (χ2n) is 14.2. The molecule has 0 atom stereocenters. The summed E-state index contributed by atoms with van der Waals surface area (Å²) >= 11 is 1.85. The molecule has 0 amide bonds. The van der Waals surface area contributed by atoms with Crippen molar-refractivity contribution in [3.05, 3.63) is 206 Å². The number of hydrogen-bond donors (Lipinski definition) is 0. The van der Waals surface area contributed by atoms with E-state index in [0.29, 0.717) is 0 Å². The highest BCUT2D eigenvalue weighted by atomic mass is 32.1. The van der Waals surface area contributed by atoms with Crippen LogP contribution < -0.4 is 4.90 Å². The molecule has 0 aliphatic carbocycles. The minimum absolute atomic E-state index is 1.11. The SMILES string of the molecule is c1cc(-c2ccc(-n3c4ccccc4c4ccccc43)cc2)cc(N(c2ccc(-c3cccc4ccccc34)cc2)c2ccc3sc4ccccc4c3c2)c1. The van der Waals surface area contributed by atoms with Crippen LogP contribution in [0.25, 0.3) is 80.7 Å². The molecule has 0 saturated heterocycles. The van der Waals surface area contributed by atoms with Gasteiger partial charge >= 0.3 is 0 Å². The van der Waals surface area contributed by atoms with Crippen molar-refractivity contribution in [2.75, 3.05) is 4.90 Å². The lowest BCUT2D eigenvalue weighted by molar-refractivity contribution is 1.18. The van der Waals surface area contributed by atoms with Gasteiger partial charge in [0.15, 0.2) is 0 Å². The Balaban J connectivity index is 1.02. The Labute approximate surface area is 323 Å². The summed E-state index contributed by atoms with van der Waals surface area (Å²) in [4.78, 5) is 2.40. The maximum Gasteiger partial charge on any atom is 0.0541 e. The maximum atomic E-state index is 2.40. The van der Waals surface area contributed by atoms with Crippen LogP contribution in [0.1, 0.15) is 0 Å². The van der Waals surface area contributed by atoms with Crippen molar-refractivity contribution in [1.82, 2.24) is 4.57 Å². The van der Waals surface area contributed by atoms with Crippen LogP contribution in [-0.4, -0.2) is 4.57 Å². The first-order valence-corrected chi connectivity index (χ1v) is 19.6. The smallest absolute Gasteiger partial charge is 0.0541 e. The molecule has 9 aromatic carbocycles. The number of thiophene rings is 1. The van der Waals surface area contributed by atoms with Crippen LogP contribution in [0.15, 0.2) is 206 Å². The molecular formula is C52H34N2S. The molecule has 2 nitrogen and oxygen atoms in total. The Kier molecular flexibility index (Phi) is 7.39. The van der Waals surface area contributed by atoms with E-state index in [1.807, 2.05) is 11.3 Å². The number of fused-ring (bicyclic) bond motifs is 7. The van der Waals surface area contributed by atoms with Crippen LogP contribution in [0.3, 0.4) is 0 Å². The van der Waals surface area contributed by atoms with Crippen LogP contribution in [-0.2, 0) is 0 Å². The predicted molar refractivity (Wildman–Crippen MR) is 237 cm³/mol. The lowest BCUT2D eigenvalue weighted by atomic mass is 9.98. The molecule has 0 radical (unpaired) electrons. The van der Waals surface area contributed by atoms with E-state index >= 15 is 0 Å². The predicted octanol–water partition coefficient (Wildman–Crippen LogP) is 15.1. The molecule has 0 unspecified atom stereocenters. The second-order valence-corrected chi connectivity index (χ2v) is 15.2. The van der Waals surface area contributed by atoms with Crippen LogP contribution in [0.4, 0.5) is 17.1 Å². The van der Waals surface area contributed by atoms with Gasteiger partial charge in [0.05, 0.1) is 11.0 Å². The van der Waals surface area contributed by atoms with Gasteiger partial charge in [-0.2, -0.15) is 0 Å². The Morgan fingerprint density at radius 3 is 1.71 bits per heavy atom. The number of benzene rings is 9. The van der Waals surface area contributed by atoms with Crippen molar-refractivity contribution in [2.24, 2.45) is 0 Å². The van der Waals surface area contributed by atoms with E-state index < -0.39 is 0 Å². The molecule has 0 bridgehead atoms. The zero-order valence-corrected chi connectivity index (χ0v) is 30.7. The van der Waals surface area contributed by atoms with E-state index in [-0.39, 0.29) is 0 Å². The average Bonchev–Trinajstić information content (AvgIpc) is 3.80. The third kappa shape index (κ3) is 5.32. The standard InChI is InChI=1S/C52H34N2S/c1-2-15-43-36(11-1)12-10-19-44(43)37-25-29-39(30-26-37)53(42-31-32-52-48(34-42)47-18-5-8-22-51(47)55-52)41-14-9-13-38(33-41)35-23-27-40(28-24-35)54-49-20-6-3-16-45(49)46-17-4-7-21-50(46)54/h1-34H. The van der Waals surface area contributed by atoms with E-state index in [1.165, 1.54) is 75.0 Å². The second kappa shape index (κ2) is 12.9. The molecule has 0 aliphatic heterocycles. The Morgan fingerprint density at radius 1 is 0.345 bits per heavy atom. The molecule has 0 spiro atoms. The van der Waals surface area contributed by atoms with Crippen molar-refractivity contribution in [2.45, 2.75) is 0 Å². The van der Waals surface area contributed by atoms with Crippen LogP contribution in [0, 0.1) is 0 Å². The lowest BCUT2D eigenvalue weighted by Gasteiger charge is -2.26. The van der Waals surface area contributed by atoms with E-state index in [0.717, 1.165) is 22.7 Å². The fourth-order valence-corrected chi connectivity index (χ4v) is 9.48. The number of anilines is 3. The van der Waals surface area contributed by atoms with E-state index in [2.05, 4.69) is 216 Å². The number of para-hydroxylation sites is 2. The first-order valence-electron chi connectivity index (χ1n) is 18.8. The summed E-state index contributed by atoms with van der Waals surface area (Å²) in [7, 11) is 0. The number of hydrogen-bond acceptors (Lipinski definition) is 2. The van der Waals surface area contributed by atoms with Gasteiger partial charge in [-0.3, -0.25) is 0 Å². The van der Waals surface area contributed by atoms with Crippen molar-refractivity contribution in [3.8, 4) is 27.9 Å². The molecule has 0 aliphatic rings. The minimum atomic E-state index is 1.11. The fourth-order valence-electron chi connectivity index (χ4n) is 8.40. The number of rotatable bonds is 6. The largest absolute Gasteiger partial charge is 0.310 e. The molecule has 0 fully saturated rings. The molecular weight excluding hydrogens is 685 g/mol. The van der Waals surface area contributed by atoms with Crippen molar-refractivity contribution in [3.63, 3.8) is 0 Å². The van der Waals surface area contributed by atoms with E-state index in [1.54, 1.807) is 0 Å². The zero-order chi connectivity index (χ0) is 36.3. The summed E-state index contributed by atoms with van der Waals surface area (Å²) in [5.74, 6) is 0. The van der Waals surface area contributed by atoms with Gasteiger partial charge in [-0.25, -0.2) is 0 Å². The van der Waals surface area contributed by atoms with Gasteiger partial charge in [0.25, 0.3) is 0 Å². The molecule has 2 aromatic heterocycles. The quantitative estimate of drug-likeness (QED) is 0.166. The Hall–Kier alpha value is -6.94. The molecule has 55 heavy (non-hydrogen) atoms. The van der Waals surface area contributed by atoms with Gasteiger partial charge in [-0.15, -0.1) is 11.3 Å². The Bertz CT molecular complexity index is 3150. The first-order chi connectivity index (χ1) is 27.3. The molecule has 0 saturated carbocycles. The van der Waals surface area contributed by atoms with Gasteiger partial charge in [0, 0.05) is 53.7 Å². The summed E-state index contributed by atoms with van der Waals surface area (Å²) in [5, 5.41) is 7.64. The van der Waals surface area contributed by atoms with Crippen LogP contribution in [0.2, 0.25) is 0 Å². The molecule has 258 valence electrons. The highest BCUT2D eigenvalue weighted by molar-refractivity contribution is 7.25. The molecule has 3 heteroatoms. The monoisotopic (exact) mass is 718 g/mol. The summed E-state index contributed by atoms with van der Waals surface area (Å²) in [6.45, 7) is 0. The van der Waals surface area contributed by atoms with Gasteiger partial charge in [-0.1, -0.05) is 133 Å². The van der Waals surface area contributed by atoms with Crippen molar-refractivity contribution < 1.29 is 0 Å². The van der Waals surface area contributed by atoms with Crippen molar-refractivity contribution >= 4 is 81.1 Å². The average molecular weight is 719 g/mol. The third-order valence-corrected chi connectivity index (χ3v) is 12.1. The highest BCUT2D eigenvalue weighted by Gasteiger charge is 2.17. The molecule has 0 N–H and O–H groups in total. The number of aromatic nitrogens is 1. The fraction of sp³-hybridized carbons (Fsp3) is 0. The van der Waals surface area contributed by atoms with Crippen LogP contribution in [0.5, 0.6) is 0 Å². The van der Waals surface area contributed by atoms with Crippen LogP contribution >= 0.6 is 11.3 Å². The summed E-state index contributed by atoms with van der Waals surface area (Å²) in [6, 6.07) is 75.2. The van der Waals surface area contributed by atoms with E-state index in [4.69, 9.17) is 0 Å². The summed E-state index contributed by atoms with van der Waals surface area (Å²) in [5.41, 5.74) is 11.7. The zero-order valence-electron chi connectivity index (χ0n) is 29.9. The minimum Gasteiger partial charge on any atom is -0.310 e. The first kappa shape index (κ1) is 31.6. The van der Waals surface area contributed by atoms with Gasteiger partial charge < -0.3 is 9.47 Å². The molecule has 11 aromatic rings. The van der Waals surface area contributed by atoms with Gasteiger partial charge in [0.2, 0.25) is 0 Å². The molecule has 2 heterocycles. The summed E-state index contributed by atoms with van der Waals surface area (Å²) in [6.07, 6.45) is 0. The maximum absolute atomic E-state index is 2.40. The normalized spacial score (nSPS) is 11.6. The molecule has 11 rings (SSSR count). The lowest BCUT2D eigenvalue weighted by Crippen LogP contribution is -2.10.